The molecule has 110 valence electrons. The van der Waals surface area contributed by atoms with Crippen LogP contribution in [0.5, 0.6) is 0 Å². The summed E-state index contributed by atoms with van der Waals surface area (Å²) in [6.07, 6.45) is 3.35. The molecule has 0 aromatic heterocycles. The predicted molar refractivity (Wildman–Crippen MR) is 83.1 cm³/mol. The summed E-state index contributed by atoms with van der Waals surface area (Å²) >= 11 is 0. The monoisotopic (exact) mass is 274 g/mol. The van der Waals surface area contributed by atoms with Crippen molar-refractivity contribution in [3.8, 4) is 0 Å². The summed E-state index contributed by atoms with van der Waals surface area (Å²) in [5.74, 6) is 0.997. The molecule has 3 heteroatoms. The summed E-state index contributed by atoms with van der Waals surface area (Å²) < 4.78 is 0. The molecule has 1 N–H and O–H groups in total. The van der Waals surface area contributed by atoms with E-state index in [2.05, 4.69) is 34.1 Å². The van der Waals surface area contributed by atoms with Crippen LogP contribution in [-0.2, 0) is 0 Å². The van der Waals surface area contributed by atoms with Crippen molar-refractivity contribution >= 4 is 5.69 Å². The zero-order valence-electron chi connectivity index (χ0n) is 12.5. The van der Waals surface area contributed by atoms with E-state index in [9.17, 15) is 5.11 Å². The molecule has 0 amide bonds. The molecule has 3 rings (SSSR count). The molecule has 1 aromatic rings. The van der Waals surface area contributed by atoms with E-state index < -0.39 is 0 Å². The number of hydrogen-bond acceptors (Lipinski definition) is 3. The highest BCUT2D eigenvalue weighted by molar-refractivity contribution is 5.48. The van der Waals surface area contributed by atoms with Gasteiger partial charge >= 0.3 is 0 Å². The van der Waals surface area contributed by atoms with Gasteiger partial charge < -0.3 is 10.0 Å². The van der Waals surface area contributed by atoms with Crippen LogP contribution in [0.1, 0.15) is 37.9 Å². The van der Waals surface area contributed by atoms with Gasteiger partial charge in [-0.15, -0.1) is 0 Å². The van der Waals surface area contributed by atoms with Crippen molar-refractivity contribution in [2.75, 3.05) is 37.6 Å². The minimum Gasteiger partial charge on any atom is -0.388 e. The van der Waals surface area contributed by atoms with Crippen LogP contribution in [0.25, 0.3) is 0 Å². The third-order valence-corrected chi connectivity index (χ3v) is 4.62. The van der Waals surface area contributed by atoms with Crippen molar-refractivity contribution in [3.05, 3.63) is 29.8 Å². The average Bonchev–Trinajstić information content (AvgIpc) is 3.31. The van der Waals surface area contributed by atoms with Crippen molar-refractivity contribution in [3.63, 3.8) is 0 Å². The minimum absolute atomic E-state index is 0.320. The molecule has 1 aliphatic heterocycles. The number of aliphatic hydroxyl groups excluding tert-OH is 1. The lowest BCUT2D eigenvalue weighted by Gasteiger charge is -2.36. The summed E-state index contributed by atoms with van der Waals surface area (Å²) in [6, 6.07) is 8.45. The second-order valence-corrected chi connectivity index (χ2v) is 6.25. The minimum atomic E-state index is -0.320. The van der Waals surface area contributed by atoms with Crippen LogP contribution in [0.4, 0.5) is 5.69 Å². The first-order valence-electron chi connectivity index (χ1n) is 8.01. The summed E-state index contributed by atoms with van der Waals surface area (Å²) in [5.41, 5.74) is 2.33. The van der Waals surface area contributed by atoms with Gasteiger partial charge in [0.15, 0.2) is 0 Å². The number of benzene rings is 1. The van der Waals surface area contributed by atoms with Gasteiger partial charge in [-0.25, -0.2) is 0 Å². The Balaban J connectivity index is 1.54. The highest BCUT2D eigenvalue weighted by Gasteiger charge is 2.26. The number of piperazine rings is 1. The SMILES string of the molecule is CCC(O)c1ccc(N2CCN(CC3CC3)CC2)cc1. The molecule has 1 saturated heterocycles. The molecule has 1 atom stereocenters. The second-order valence-electron chi connectivity index (χ2n) is 6.25. The van der Waals surface area contributed by atoms with Gasteiger partial charge in [0, 0.05) is 38.4 Å². The number of rotatable bonds is 5. The van der Waals surface area contributed by atoms with Gasteiger partial charge in [0.05, 0.1) is 6.10 Å². The van der Waals surface area contributed by atoms with Gasteiger partial charge in [0.25, 0.3) is 0 Å². The summed E-state index contributed by atoms with van der Waals surface area (Å²) in [5, 5.41) is 9.83. The maximum atomic E-state index is 9.83. The average molecular weight is 274 g/mol. The molecule has 1 saturated carbocycles. The van der Waals surface area contributed by atoms with Crippen molar-refractivity contribution in [1.29, 1.82) is 0 Å². The van der Waals surface area contributed by atoms with E-state index >= 15 is 0 Å². The Bertz CT molecular complexity index is 419. The summed E-state index contributed by atoms with van der Waals surface area (Å²) in [4.78, 5) is 5.08. The number of anilines is 1. The zero-order valence-corrected chi connectivity index (χ0v) is 12.5. The third-order valence-electron chi connectivity index (χ3n) is 4.62. The quantitative estimate of drug-likeness (QED) is 0.894. The molecule has 3 nitrogen and oxygen atoms in total. The Hall–Kier alpha value is -1.06. The van der Waals surface area contributed by atoms with E-state index in [1.54, 1.807) is 0 Å². The van der Waals surface area contributed by atoms with Crippen molar-refractivity contribution < 1.29 is 5.11 Å². The summed E-state index contributed by atoms with van der Waals surface area (Å²) in [6.45, 7) is 7.96. The fourth-order valence-corrected chi connectivity index (χ4v) is 3.00. The van der Waals surface area contributed by atoms with E-state index in [1.807, 2.05) is 6.92 Å². The number of aliphatic hydroxyl groups is 1. The van der Waals surface area contributed by atoms with Gasteiger partial charge in [-0.05, 0) is 42.9 Å². The van der Waals surface area contributed by atoms with Crippen LogP contribution in [0.15, 0.2) is 24.3 Å². The highest BCUT2D eigenvalue weighted by Crippen LogP contribution is 2.30. The first-order valence-corrected chi connectivity index (χ1v) is 8.01. The molecule has 1 aliphatic carbocycles. The number of nitrogens with zero attached hydrogens (tertiary/aromatic N) is 2. The molecular formula is C17H26N2O. The molecule has 1 heterocycles. The number of hydrogen-bond donors (Lipinski definition) is 1. The zero-order chi connectivity index (χ0) is 13.9. The normalized spacial score (nSPS) is 22.0. The Morgan fingerprint density at radius 3 is 2.30 bits per heavy atom. The molecule has 2 aliphatic rings. The Labute approximate surface area is 122 Å². The van der Waals surface area contributed by atoms with Crippen molar-refractivity contribution in [1.82, 2.24) is 4.90 Å². The first kappa shape index (κ1) is 13.9. The molecule has 2 fully saturated rings. The van der Waals surface area contributed by atoms with Gasteiger partial charge in [0.1, 0.15) is 0 Å². The largest absolute Gasteiger partial charge is 0.388 e. The fourth-order valence-electron chi connectivity index (χ4n) is 3.00. The maximum Gasteiger partial charge on any atom is 0.0787 e. The van der Waals surface area contributed by atoms with Gasteiger partial charge in [-0.2, -0.15) is 0 Å². The van der Waals surface area contributed by atoms with Crippen LogP contribution >= 0.6 is 0 Å². The molecule has 1 unspecified atom stereocenters. The van der Waals surface area contributed by atoms with Crippen LogP contribution in [0.2, 0.25) is 0 Å². The van der Waals surface area contributed by atoms with E-state index in [1.165, 1.54) is 38.2 Å². The third kappa shape index (κ3) is 3.33. The summed E-state index contributed by atoms with van der Waals surface area (Å²) in [7, 11) is 0. The Morgan fingerprint density at radius 2 is 1.75 bits per heavy atom. The first-order chi connectivity index (χ1) is 9.76. The molecule has 1 aromatic carbocycles. The lowest BCUT2D eigenvalue weighted by Crippen LogP contribution is -2.47. The maximum absolute atomic E-state index is 9.83. The van der Waals surface area contributed by atoms with E-state index in [0.29, 0.717) is 0 Å². The lowest BCUT2D eigenvalue weighted by atomic mass is 10.1. The Morgan fingerprint density at radius 1 is 1.10 bits per heavy atom. The molecule has 0 bridgehead atoms. The molecule has 0 radical (unpaired) electrons. The van der Waals surface area contributed by atoms with Gasteiger partial charge in [-0.3, -0.25) is 4.90 Å². The lowest BCUT2D eigenvalue weighted by molar-refractivity contribution is 0.173. The van der Waals surface area contributed by atoms with Crippen molar-refractivity contribution in [2.24, 2.45) is 5.92 Å². The van der Waals surface area contributed by atoms with E-state index in [4.69, 9.17) is 0 Å². The van der Waals surface area contributed by atoms with Crippen molar-refractivity contribution in [2.45, 2.75) is 32.3 Å². The predicted octanol–water partition coefficient (Wildman–Crippen LogP) is 2.66. The molecule has 0 spiro atoms. The van der Waals surface area contributed by atoms with Gasteiger partial charge in [-0.1, -0.05) is 19.1 Å². The smallest absolute Gasteiger partial charge is 0.0787 e. The van der Waals surface area contributed by atoms with Gasteiger partial charge in [0.2, 0.25) is 0 Å². The van der Waals surface area contributed by atoms with Crippen LogP contribution in [-0.4, -0.2) is 42.7 Å². The van der Waals surface area contributed by atoms with Crippen LogP contribution < -0.4 is 4.90 Å². The highest BCUT2D eigenvalue weighted by atomic mass is 16.3. The Kier molecular flexibility index (Phi) is 4.27. The van der Waals surface area contributed by atoms with E-state index in [-0.39, 0.29) is 6.10 Å². The second kappa shape index (κ2) is 6.15. The standard InChI is InChI=1S/C17H26N2O/c1-2-17(20)15-5-7-16(8-6-15)19-11-9-18(10-12-19)13-14-3-4-14/h5-8,14,17,20H,2-4,9-13H2,1H3. The molecular weight excluding hydrogens is 248 g/mol. The molecule has 20 heavy (non-hydrogen) atoms. The fraction of sp³-hybridized carbons (Fsp3) is 0.647. The van der Waals surface area contributed by atoms with E-state index in [0.717, 1.165) is 31.0 Å². The van der Waals surface area contributed by atoms with Crippen LogP contribution in [0.3, 0.4) is 0 Å². The van der Waals surface area contributed by atoms with Crippen LogP contribution in [0, 0.1) is 5.92 Å². The topological polar surface area (TPSA) is 26.7 Å².